The summed E-state index contributed by atoms with van der Waals surface area (Å²) in [5.74, 6) is -5.22. The van der Waals surface area contributed by atoms with Crippen LogP contribution in [0.5, 0.6) is 0 Å². The maximum Gasteiger partial charge on any atom is 0.257 e. The lowest BCUT2D eigenvalue weighted by Gasteiger charge is -2.22. The zero-order chi connectivity index (χ0) is 30.4. The van der Waals surface area contributed by atoms with Crippen molar-refractivity contribution in [3.63, 3.8) is 0 Å². The van der Waals surface area contributed by atoms with Crippen molar-refractivity contribution in [3.05, 3.63) is 86.4 Å². The molecule has 0 aliphatic heterocycles. The van der Waals surface area contributed by atoms with Gasteiger partial charge in [0.2, 0.25) is 9.70 Å². The van der Waals surface area contributed by atoms with Gasteiger partial charge in [-0.15, -0.1) is 23.2 Å². The van der Waals surface area contributed by atoms with Crippen molar-refractivity contribution >= 4 is 122 Å². The molecule has 0 bridgehead atoms. The first-order valence-electron chi connectivity index (χ1n) is 11.3. The van der Waals surface area contributed by atoms with E-state index in [1.54, 1.807) is 18.2 Å². The quantitative estimate of drug-likeness (QED) is 0.145. The fraction of sp³-hybridized carbons (Fsp3) is 0.200. The highest BCUT2D eigenvalue weighted by Gasteiger charge is 2.67. The first-order chi connectivity index (χ1) is 19.0. The fourth-order valence-corrected chi connectivity index (χ4v) is 5.47. The Balaban J connectivity index is 1.48. The molecule has 3 unspecified atom stereocenters. The monoisotopic (exact) mass is 723 g/mol. The Bertz CT molecular complexity index is 1510. The minimum absolute atomic E-state index is 0.0188. The van der Waals surface area contributed by atoms with Gasteiger partial charge in [-0.25, -0.2) is 8.78 Å². The Labute approximate surface area is 272 Å². The molecule has 2 amide bonds. The maximum atomic E-state index is 14.5. The standard InChI is InChI=1S/C25H15Cl8F2N3O3/c26-13-4-2-10(36-22(40)19-18(24(19,29)30)9-1-3-14(27)15(28)5-9)6-12(13)21(39)37-11-7-16(34)20(17(35)8-11)38-23(41)25(31,32)33/h1-8,18-19,23,38,41H,(H,36,40)(H,37,39). The molecule has 1 aliphatic rings. The Kier molecular flexibility index (Phi) is 9.71. The summed E-state index contributed by atoms with van der Waals surface area (Å²) in [4.78, 5) is 25.9. The van der Waals surface area contributed by atoms with Gasteiger partial charge in [0.25, 0.3) is 5.91 Å². The van der Waals surface area contributed by atoms with Crippen molar-refractivity contribution in [2.24, 2.45) is 5.92 Å². The lowest BCUT2D eigenvalue weighted by atomic mass is 10.1. The number of alkyl halides is 5. The van der Waals surface area contributed by atoms with Crippen LogP contribution in [-0.2, 0) is 4.79 Å². The third kappa shape index (κ3) is 7.20. The zero-order valence-electron chi connectivity index (χ0n) is 19.9. The third-order valence-electron chi connectivity index (χ3n) is 6.01. The van der Waals surface area contributed by atoms with Crippen molar-refractivity contribution in [1.82, 2.24) is 0 Å². The van der Waals surface area contributed by atoms with Gasteiger partial charge in [0.1, 0.15) is 10.0 Å². The molecule has 6 nitrogen and oxygen atoms in total. The molecule has 218 valence electrons. The molecular formula is C25H15Cl8F2N3O3. The first kappa shape index (κ1) is 32.5. The van der Waals surface area contributed by atoms with Gasteiger partial charge in [-0.3, -0.25) is 9.59 Å². The molecule has 4 rings (SSSR count). The summed E-state index contributed by atoms with van der Waals surface area (Å²) in [5, 5.41) is 17.3. The second-order valence-electron chi connectivity index (χ2n) is 8.84. The SMILES string of the molecule is O=C(Nc1cc(F)c(NC(O)C(Cl)(Cl)Cl)c(F)c1)c1cc(NC(=O)C2C(c3ccc(Cl)c(Cl)c3)C2(Cl)Cl)ccc1Cl. The van der Waals surface area contributed by atoms with Crippen LogP contribution in [0, 0.1) is 17.6 Å². The second-order valence-corrected chi connectivity index (χ2v) is 13.9. The molecule has 1 saturated carbocycles. The number of nitrogens with one attached hydrogen (secondary N) is 3. The van der Waals surface area contributed by atoms with E-state index in [1.165, 1.54) is 18.2 Å². The topological polar surface area (TPSA) is 90.5 Å². The Morgan fingerprint density at radius 2 is 1.46 bits per heavy atom. The molecule has 4 N–H and O–H groups in total. The highest BCUT2D eigenvalue weighted by Crippen LogP contribution is 2.65. The Morgan fingerprint density at radius 3 is 2.05 bits per heavy atom. The van der Waals surface area contributed by atoms with Gasteiger partial charge >= 0.3 is 0 Å². The van der Waals surface area contributed by atoms with Crippen molar-refractivity contribution in [3.8, 4) is 0 Å². The van der Waals surface area contributed by atoms with Crippen LogP contribution >= 0.6 is 92.8 Å². The summed E-state index contributed by atoms with van der Waals surface area (Å²) < 4.78 is 25.4. The number of hydrogen-bond acceptors (Lipinski definition) is 4. The smallest absolute Gasteiger partial charge is 0.257 e. The van der Waals surface area contributed by atoms with Gasteiger partial charge in [0.05, 0.1) is 26.5 Å². The van der Waals surface area contributed by atoms with E-state index in [9.17, 15) is 23.5 Å². The fourth-order valence-electron chi connectivity index (χ4n) is 3.97. The van der Waals surface area contributed by atoms with Gasteiger partial charge in [-0.1, -0.05) is 75.7 Å². The van der Waals surface area contributed by atoms with E-state index in [-0.39, 0.29) is 27.0 Å². The van der Waals surface area contributed by atoms with Crippen LogP contribution in [0.1, 0.15) is 21.8 Å². The predicted molar refractivity (Wildman–Crippen MR) is 161 cm³/mol. The molecule has 1 aliphatic carbocycles. The Morgan fingerprint density at radius 1 is 0.854 bits per heavy atom. The number of rotatable bonds is 7. The number of aliphatic hydroxyl groups is 1. The van der Waals surface area contributed by atoms with E-state index >= 15 is 0 Å². The van der Waals surface area contributed by atoms with Gasteiger partial charge < -0.3 is 21.1 Å². The molecule has 0 radical (unpaired) electrons. The van der Waals surface area contributed by atoms with Crippen molar-refractivity contribution in [2.75, 3.05) is 16.0 Å². The minimum Gasteiger partial charge on any atom is -0.370 e. The van der Waals surface area contributed by atoms with Crippen LogP contribution in [0.15, 0.2) is 48.5 Å². The summed E-state index contributed by atoms with van der Waals surface area (Å²) >= 11 is 47.5. The van der Waals surface area contributed by atoms with Gasteiger partial charge in [0.15, 0.2) is 17.9 Å². The number of hydrogen-bond donors (Lipinski definition) is 4. The number of aliphatic hydroxyl groups excluding tert-OH is 1. The highest BCUT2D eigenvalue weighted by molar-refractivity contribution is 6.68. The van der Waals surface area contributed by atoms with Gasteiger partial charge in [0, 0.05) is 17.3 Å². The van der Waals surface area contributed by atoms with E-state index in [2.05, 4.69) is 10.6 Å². The van der Waals surface area contributed by atoms with Crippen LogP contribution in [-0.4, -0.2) is 31.3 Å². The lowest BCUT2D eigenvalue weighted by molar-refractivity contribution is -0.117. The molecule has 0 heterocycles. The van der Waals surface area contributed by atoms with Crippen molar-refractivity contribution in [1.29, 1.82) is 0 Å². The molecule has 3 aromatic rings. The third-order valence-corrected chi connectivity index (χ3v) is 8.64. The van der Waals surface area contributed by atoms with Crippen LogP contribution in [0.3, 0.4) is 0 Å². The second kappa shape index (κ2) is 12.3. The Hall–Kier alpha value is -1.46. The summed E-state index contributed by atoms with van der Waals surface area (Å²) in [5.41, 5.74) is -0.423. The number of carbonyl (C=O) groups is 2. The summed E-state index contributed by atoms with van der Waals surface area (Å²) in [7, 11) is 0. The highest BCUT2D eigenvalue weighted by atomic mass is 35.6. The number of anilines is 3. The van der Waals surface area contributed by atoms with E-state index in [1.807, 2.05) is 5.32 Å². The maximum absolute atomic E-state index is 14.5. The van der Waals surface area contributed by atoms with Gasteiger partial charge in [-0.05, 0) is 48.0 Å². The van der Waals surface area contributed by atoms with Crippen LogP contribution in [0.2, 0.25) is 15.1 Å². The van der Waals surface area contributed by atoms with Crippen molar-refractivity contribution < 1.29 is 23.5 Å². The van der Waals surface area contributed by atoms with E-state index < -0.39 is 55.3 Å². The summed E-state index contributed by atoms with van der Waals surface area (Å²) in [6.07, 6.45) is -1.94. The molecule has 0 aromatic heterocycles. The molecule has 3 aromatic carbocycles. The summed E-state index contributed by atoms with van der Waals surface area (Å²) in [6.45, 7) is 0. The molecular weight excluding hydrogens is 712 g/mol. The predicted octanol–water partition coefficient (Wildman–Crippen LogP) is 8.80. The molecule has 0 spiro atoms. The molecule has 3 atom stereocenters. The lowest BCUT2D eigenvalue weighted by Crippen LogP contribution is -2.33. The normalized spacial score (nSPS) is 18.4. The van der Waals surface area contributed by atoms with Crippen LogP contribution < -0.4 is 16.0 Å². The first-order valence-corrected chi connectivity index (χ1v) is 14.3. The van der Waals surface area contributed by atoms with Crippen molar-refractivity contribution in [2.45, 2.75) is 20.3 Å². The number of amides is 2. The zero-order valence-corrected chi connectivity index (χ0v) is 25.9. The molecule has 1 fully saturated rings. The van der Waals surface area contributed by atoms with E-state index in [0.29, 0.717) is 10.6 Å². The average Bonchev–Trinajstić information content (AvgIpc) is 3.45. The summed E-state index contributed by atoms with van der Waals surface area (Å²) in [6, 6.07) is 10.4. The van der Waals surface area contributed by atoms with Crippen LogP contribution in [0.4, 0.5) is 25.8 Å². The van der Waals surface area contributed by atoms with E-state index in [0.717, 1.165) is 12.1 Å². The number of halogens is 10. The largest absolute Gasteiger partial charge is 0.370 e. The minimum atomic E-state index is -2.28. The number of benzene rings is 3. The van der Waals surface area contributed by atoms with E-state index in [4.69, 9.17) is 92.8 Å². The van der Waals surface area contributed by atoms with Gasteiger partial charge in [-0.2, -0.15) is 0 Å². The number of carbonyl (C=O) groups excluding carboxylic acids is 2. The molecule has 0 saturated heterocycles. The molecule has 16 heteroatoms. The average molecular weight is 727 g/mol. The van der Waals surface area contributed by atoms with Crippen LogP contribution in [0.25, 0.3) is 0 Å². The molecule has 41 heavy (non-hydrogen) atoms.